The molecule has 22 heavy (non-hydrogen) atoms. The number of esters is 1. The van der Waals surface area contributed by atoms with Crippen LogP contribution >= 0.6 is 0 Å². The first-order valence-electron chi connectivity index (χ1n) is 7.31. The Morgan fingerprint density at radius 1 is 1.18 bits per heavy atom. The van der Waals surface area contributed by atoms with Crippen LogP contribution in [-0.4, -0.2) is 32.0 Å². The number of unbranched alkanes of at least 4 members (excludes halogenated alkanes) is 1. The van der Waals surface area contributed by atoms with Gasteiger partial charge in [0.15, 0.2) is 0 Å². The van der Waals surface area contributed by atoms with Gasteiger partial charge in [0, 0.05) is 7.11 Å². The molecule has 0 spiro atoms. The van der Waals surface area contributed by atoms with Crippen LogP contribution in [0.5, 0.6) is 0 Å². The number of benzene rings is 1. The molecular weight excluding hydrogens is 286 g/mol. The Labute approximate surface area is 130 Å². The minimum absolute atomic E-state index is 0.0772. The van der Waals surface area contributed by atoms with Crippen molar-refractivity contribution >= 4 is 12.1 Å². The normalized spacial score (nSPS) is 11.5. The predicted molar refractivity (Wildman–Crippen MR) is 81.0 cm³/mol. The number of alkyl carbamates (subject to hydrolysis) is 1. The Morgan fingerprint density at radius 2 is 1.91 bits per heavy atom. The molecule has 1 unspecified atom stereocenters. The highest BCUT2D eigenvalue weighted by molar-refractivity contribution is 5.72. The van der Waals surface area contributed by atoms with Gasteiger partial charge >= 0.3 is 12.1 Å². The maximum atomic E-state index is 11.7. The number of hydrogen-bond acceptors (Lipinski definition) is 5. The van der Waals surface area contributed by atoms with E-state index in [0.29, 0.717) is 6.61 Å². The summed E-state index contributed by atoms with van der Waals surface area (Å²) in [5.41, 5.74) is 0.900. The largest absolute Gasteiger partial charge is 0.461 e. The summed E-state index contributed by atoms with van der Waals surface area (Å²) in [5, 5.41) is 2.47. The highest BCUT2D eigenvalue weighted by Crippen LogP contribution is 2.03. The van der Waals surface area contributed by atoms with Gasteiger partial charge in [0.05, 0.1) is 13.0 Å². The van der Waals surface area contributed by atoms with E-state index in [9.17, 15) is 9.59 Å². The maximum Gasteiger partial charge on any atom is 0.409 e. The lowest BCUT2D eigenvalue weighted by Gasteiger charge is -2.16. The minimum Gasteiger partial charge on any atom is -0.461 e. The molecule has 1 N–H and O–H groups in total. The molecule has 0 bridgehead atoms. The fraction of sp³-hybridized carbons (Fsp3) is 0.500. The third-order valence-corrected chi connectivity index (χ3v) is 2.89. The van der Waals surface area contributed by atoms with Crippen LogP contribution in [0.4, 0.5) is 4.79 Å². The van der Waals surface area contributed by atoms with Crippen LogP contribution in [0.25, 0.3) is 0 Å². The molecule has 1 aromatic rings. The summed E-state index contributed by atoms with van der Waals surface area (Å²) in [6.45, 7) is 2.54. The lowest BCUT2D eigenvalue weighted by molar-refractivity contribution is -0.148. The lowest BCUT2D eigenvalue weighted by Crippen LogP contribution is -2.38. The van der Waals surface area contributed by atoms with E-state index < -0.39 is 18.3 Å². The molecule has 0 aromatic heterocycles. The van der Waals surface area contributed by atoms with Crippen molar-refractivity contribution in [1.29, 1.82) is 0 Å². The van der Waals surface area contributed by atoms with Crippen LogP contribution in [0.1, 0.15) is 31.7 Å². The molecule has 0 radical (unpaired) electrons. The molecule has 1 aromatic carbocycles. The van der Waals surface area contributed by atoms with E-state index in [4.69, 9.17) is 14.2 Å². The van der Waals surface area contributed by atoms with E-state index in [-0.39, 0.29) is 13.0 Å². The van der Waals surface area contributed by atoms with Crippen LogP contribution in [0.2, 0.25) is 0 Å². The molecule has 1 amide bonds. The summed E-state index contributed by atoms with van der Waals surface area (Å²) in [7, 11) is 1.40. The monoisotopic (exact) mass is 309 g/mol. The number of carbonyl (C=O) groups is 2. The van der Waals surface area contributed by atoms with Crippen LogP contribution < -0.4 is 5.32 Å². The lowest BCUT2D eigenvalue weighted by atomic mass is 10.2. The van der Waals surface area contributed by atoms with Crippen molar-refractivity contribution in [1.82, 2.24) is 5.32 Å². The van der Waals surface area contributed by atoms with Crippen molar-refractivity contribution < 1.29 is 23.8 Å². The molecule has 122 valence electrons. The predicted octanol–water partition coefficient (Wildman–Crippen LogP) is 2.62. The summed E-state index contributed by atoms with van der Waals surface area (Å²) < 4.78 is 15.1. The Kier molecular flexibility index (Phi) is 8.67. The van der Waals surface area contributed by atoms with Gasteiger partial charge in [0.2, 0.25) is 0 Å². The van der Waals surface area contributed by atoms with Crippen LogP contribution in [0.3, 0.4) is 0 Å². The third kappa shape index (κ3) is 7.64. The molecule has 1 atom stereocenters. The van der Waals surface area contributed by atoms with Crippen molar-refractivity contribution in [2.24, 2.45) is 0 Å². The molecule has 1 rings (SSSR count). The summed E-state index contributed by atoms with van der Waals surface area (Å²) in [4.78, 5) is 23.2. The molecular formula is C16H23NO5. The van der Waals surface area contributed by atoms with Gasteiger partial charge in [0.25, 0.3) is 0 Å². The van der Waals surface area contributed by atoms with Gasteiger partial charge in [-0.2, -0.15) is 0 Å². The Balaban J connectivity index is 2.29. The number of hydrogen-bond donors (Lipinski definition) is 1. The van der Waals surface area contributed by atoms with Crippen molar-refractivity contribution in [3.63, 3.8) is 0 Å². The quantitative estimate of drug-likeness (QED) is 0.431. The van der Waals surface area contributed by atoms with Gasteiger partial charge in [-0.3, -0.25) is 10.1 Å². The first-order valence-corrected chi connectivity index (χ1v) is 7.31. The van der Waals surface area contributed by atoms with Gasteiger partial charge < -0.3 is 14.2 Å². The Hall–Kier alpha value is -2.08. The number of rotatable bonds is 9. The van der Waals surface area contributed by atoms with Crippen molar-refractivity contribution in [2.45, 2.75) is 39.0 Å². The molecule has 0 aliphatic rings. The Bertz CT molecular complexity index is 449. The minimum atomic E-state index is -0.766. The number of ether oxygens (including phenoxy) is 3. The molecule has 0 heterocycles. The van der Waals surface area contributed by atoms with E-state index in [1.807, 2.05) is 37.3 Å². The average Bonchev–Trinajstić information content (AvgIpc) is 2.53. The van der Waals surface area contributed by atoms with Crippen LogP contribution in [0, 0.1) is 0 Å². The fourth-order valence-corrected chi connectivity index (χ4v) is 1.62. The van der Waals surface area contributed by atoms with Crippen molar-refractivity contribution in [3.8, 4) is 0 Å². The maximum absolute atomic E-state index is 11.7. The second-order valence-electron chi connectivity index (χ2n) is 4.71. The topological polar surface area (TPSA) is 73.9 Å². The second-order valence-corrected chi connectivity index (χ2v) is 4.71. The first kappa shape index (κ1) is 18.0. The SMILES string of the molecule is CCCCOC(=O)NC(CC(=O)OCc1ccccc1)OC. The zero-order valence-electron chi connectivity index (χ0n) is 13.0. The molecule has 0 saturated carbocycles. The first-order chi connectivity index (χ1) is 10.7. The average molecular weight is 309 g/mol. The van der Waals surface area contributed by atoms with Crippen LogP contribution in [0.15, 0.2) is 30.3 Å². The highest BCUT2D eigenvalue weighted by atomic mass is 16.6. The molecule has 6 heteroatoms. The van der Waals surface area contributed by atoms with Gasteiger partial charge in [-0.05, 0) is 12.0 Å². The van der Waals surface area contributed by atoms with Gasteiger partial charge in [-0.1, -0.05) is 43.7 Å². The third-order valence-electron chi connectivity index (χ3n) is 2.89. The van der Waals surface area contributed by atoms with Gasteiger partial charge in [-0.25, -0.2) is 4.79 Å². The molecule has 0 fully saturated rings. The zero-order chi connectivity index (χ0) is 16.2. The summed E-state index contributed by atoms with van der Waals surface area (Å²) in [6, 6.07) is 9.36. The van der Waals surface area contributed by atoms with Crippen molar-refractivity contribution in [2.75, 3.05) is 13.7 Å². The number of carbonyl (C=O) groups excluding carboxylic acids is 2. The summed E-state index contributed by atoms with van der Waals surface area (Å²) in [6.07, 6.45) is 0.289. The van der Waals surface area contributed by atoms with E-state index in [0.717, 1.165) is 18.4 Å². The Morgan fingerprint density at radius 3 is 2.55 bits per heavy atom. The van der Waals surface area contributed by atoms with Crippen molar-refractivity contribution in [3.05, 3.63) is 35.9 Å². The second kappa shape index (κ2) is 10.6. The fourth-order valence-electron chi connectivity index (χ4n) is 1.62. The number of methoxy groups -OCH3 is 1. The van der Waals surface area contributed by atoms with Gasteiger partial charge in [-0.15, -0.1) is 0 Å². The van der Waals surface area contributed by atoms with E-state index in [1.54, 1.807) is 0 Å². The summed E-state index contributed by atoms with van der Waals surface area (Å²) in [5.74, 6) is -0.454. The molecule has 0 aliphatic heterocycles. The molecule has 0 saturated heterocycles. The van der Waals surface area contributed by atoms with E-state index in [1.165, 1.54) is 7.11 Å². The summed E-state index contributed by atoms with van der Waals surface area (Å²) >= 11 is 0. The van der Waals surface area contributed by atoms with E-state index in [2.05, 4.69) is 5.32 Å². The molecule has 6 nitrogen and oxygen atoms in total. The van der Waals surface area contributed by atoms with Gasteiger partial charge in [0.1, 0.15) is 12.8 Å². The van der Waals surface area contributed by atoms with E-state index >= 15 is 0 Å². The number of nitrogens with one attached hydrogen (secondary N) is 1. The zero-order valence-corrected chi connectivity index (χ0v) is 13.0. The smallest absolute Gasteiger partial charge is 0.409 e. The number of amides is 1. The van der Waals surface area contributed by atoms with Crippen LogP contribution in [-0.2, 0) is 25.6 Å². The molecule has 0 aliphatic carbocycles. The standard InChI is InChI=1S/C16H23NO5/c1-3-4-10-21-16(19)17-14(20-2)11-15(18)22-12-13-8-6-5-7-9-13/h5-9,14H,3-4,10-12H2,1-2H3,(H,17,19). The highest BCUT2D eigenvalue weighted by Gasteiger charge is 2.17.